The van der Waals surface area contributed by atoms with Crippen molar-refractivity contribution < 1.29 is 0 Å². The van der Waals surface area contributed by atoms with Gasteiger partial charge in [0.05, 0.1) is 0 Å². The zero-order valence-electron chi connectivity index (χ0n) is 10.2. The first kappa shape index (κ1) is 13.2. The number of unbranched alkanes of at least 4 members (excludes halogenated alkanes) is 4. The predicted molar refractivity (Wildman–Crippen MR) is 74.4 cm³/mol. The van der Waals surface area contributed by atoms with Crippen LogP contribution in [0.25, 0.3) is 0 Å². The molecule has 0 unspecified atom stereocenters. The minimum absolute atomic E-state index is 1.23. The van der Waals surface area contributed by atoms with Gasteiger partial charge in [-0.15, -0.1) is 11.3 Å². The summed E-state index contributed by atoms with van der Waals surface area (Å²) in [7, 11) is 0. The molecule has 0 atom stereocenters. The van der Waals surface area contributed by atoms with Crippen LogP contribution in [0.4, 0.5) is 0 Å². The van der Waals surface area contributed by atoms with Crippen molar-refractivity contribution in [1.29, 1.82) is 0 Å². The van der Waals surface area contributed by atoms with E-state index in [-0.39, 0.29) is 0 Å². The monoisotopic (exact) mass is 234 g/mol. The third-order valence-corrected chi connectivity index (χ3v) is 3.49. The molecular formula is C15H22S. The Morgan fingerprint density at radius 3 is 2.50 bits per heavy atom. The lowest BCUT2D eigenvalue weighted by atomic mass is 10.1. The Morgan fingerprint density at radius 1 is 0.875 bits per heavy atom. The average molecular weight is 234 g/mol. The first-order valence-electron chi connectivity index (χ1n) is 6.29. The molecule has 0 aliphatic heterocycles. The second kappa shape index (κ2) is 9.41. The van der Waals surface area contributed by atoms with Crippen LogP contribution in [0.15, 0.2) is 41.8 Å². The topological polar surface area (TPSA) is 0 Å². The van der Waals surface area contributed by atoms with Crippen molar-refractivity contribution in [2.45, 2.75) is 45.4 Å². The highest BCUT2D eigenvalue weighted by molar-refractivity contribution is 7.09. The summed E-state index contributed by atoms with van der Waals surface area (Å²) in [5.74, 6) is 0. The molecule has 0 saturated heterocycles. The van der Waals surface area contributed by atoms with Crippen LogP contribution in [0.3, 0.4) is 0 Å². The molecule has 1 heteroatoms. The first-order chi connectivity index (χ1) is 7.93. The van der Waals surface area contributed by atoms with Gasteiger partial charge in [0.15, 0.2) is 0 Å². The zero-order valence-corrected chi connectivity index (χ0v) is 11.0. The van der Waals surface area contributed by atoms with E-state index in [4.69, 9.17) is 0 Å². The second-order valence-corrected chi connectivity index (χ2v) is 5.05. The smallest absolute Gasteiger partial charge is 0.00449 e. The van der Waals surface area contributed by atoms with E-state index in [0.29, 0.717) is 0 Å². The summed E-state index contributed by atoms with van der Waals surface area (Å²) in [6.45, 7) is 2.26. The molecular weight excluding hydrogens is 212 g/mol. The van der Waals surface area contributed by atoms with Gasteiger partial charge >= 0.3 is 0 Å². The highest BCUT2D eigenvalue weighted by Gasteiger charge is 1.91. The fraction of sp³-hybridized carbons (Fsp3) is 0.467. The van der Waals surface area contributed by atoms with Crippen LogP contribution in [0.1, 0.15) is 43.9 Å². The maximum absolute atomic E-state index is 2.26. The van der Waals surface area contributed by atoms with Gasteiger partial charge in [0.2, 0.25) is 0 Å². The molecule has 0 bridgehead atoms. The normalized spacial score (nSPS) is 9.81. The number of hydrogen-bond donors (Lipinski definition) is 0. The van der Waals surface area contributed by atoms with E-state index in [0.717, 1.165) is 0 Å². The Bertz CT molecular complexity index is 289. The Morgan fingerprint density at radius 2 is 1.62 bits per heavy atom. The van der Waals surface area contributed by atoms with Crippen molar-refractivity contribution in [2.75, 3.05) is 0 Å². The summed E-state index contributed by atoms with van der Waals surface area (Å²) in [6, 6.07) is 12.7. The Hall–Kier alpha value is -0.820. The predicted octanol–water partition coefficient (Wildman–Crippen LogP) is 5.39. The summed E-state index contributed by atoms with van der Waals surface area (Å²) in [6.07, 6.45) is 8.03. The number of aryl methyl sites for hydroxylation is 1. The molecule has 1 aromatic rings. The molecule has 88 valence electrons. The second-order valence-electron chi connectivity index (χ2n) is 4.01. The lowest BCUT2D eigenvalue weighted by molar-refractivity contribution is 0.634. The van der Waals surface area contributed by atoms with Gasteiger partial charge in [-0.1, -0.05) is 62.9 Å². The van der Waals surface area contributed by atoms with Crippen LogP contribution in [0.2, 0.25) is 0 Å². The SMILES string of the molecule is CCCCCCCc1cccccccs1. The summed E-state index contributed by atoms with van der Waals surface area (Å²) in [4.78, 5) is 1.48. The van der Waals surface area contributed by atoms with Crippen molar-refractivity contribution in [3.05, 3.63) is 46.7 Å². The summed E-state index contributed by atoms with van der Waals surface area (Å²) < 4.78 is 0. The van der Waals surface area contributed by atoms with Gasteiger partial charge in [0.1, 0.15) is 0 Å². The van der Waals surface area contributed by atoms with Gasteiger partial charge < -0.3 is 0 Å². The minimum atomic E-state index is 1.23. The van der Waals surface area contributed by atoms with Crippen molar-refractivity contribution in [3.8, 4) is 0 Å². The standard InChI is InChI=1S/C15H22S/c1-2-3-4-6-9-12-15-13-10-7-5-8-11-14-16-15/h5,7-8,10-11,13-14H,2-4,6,9,12H2,1H3. The van der Waals surface area contributed by atoms with E-state index in [2.05, 4.69) is 48.7 Å². The molecule has 0 fully saturated rings. The van der Waals surface area contributed by atoms with Gasteiger partial charge in [-0.3, -0.25) is 0 Å². The molecule has 0 amide bonds. The molecule has 0 nitrogen and oxygen atoms in total. The molecule has 0 aliphatic carbocycles. The van der Waals surface area contributed by atoms with Gasteiger partial charge in [0, 0.05) is 4.88 Å². The summed E-state index contributed by atoms with van der Waals surface area (Å²) in [5, 5.41) is 2.17. The van der Waals surface area contributed by atoms with Gasteiger partial charge in [0.25, 0.3) is 0 Å². The zero-order chi connectivity index (χ0) is 11.5. The highest BCUT2D eigenvalue weighted by Crippen LogP contribution is 2.11. The number of rotatable bonds is 6. The molecule has 0 aliphatic rings. The fourth-order valence-corrected chi connectivity index (χ4v) is 2.38. The van der Waals surface area contributed by atoms with E-state index in [1.807, 2.05) is 11.3 Å². The first-order valence-corrected chi connectivity index (χ1v) is 7.17. The van der Waals surface area contributed by atoms with Gasteiger partial charge in [-0.2, -0.15) is 0 Å². The molecule has 0 N–H and O–H groups in total. The largest absolute Gasteiger partial charge is 0.149 e. The van der Waals surface area contributed by atoms with Crippen molar-refractivity contribution >= 4 is 11.3 Å². The van der Waals surface area contributed by atoms with Crippen LogP contribution < -0.4 is 0 Å². The van der Waals surface area contributed by atoms with E-state index >= 15 is 0 Å². The maximum Gasteiger partial charge on any atom is 0.00449 e. The lowest BCUT2D eigenvalue weighted by Crippen LogP contribution is -1.82. The fourth-order valence-electron chi connectivity index (χ4n) is 1.61. The number of hydrogen-bond acceptors (Lipinski definition) is 1. The van der Waals surface area contributed by atoms with E-state index in [1.54, 1.807) is 0 Å². The van der Waals surface area contributed by atoms with Crippen molar-refractivity contribution in [1.82, 2.24) is 0 Å². The van der Waals surface area contributed by atoms with Gasteiger partial charge in [-0.05, 0) is 24.3 Å². The van der Waals surface area contributed by atoms with Crippen LogP contribution in [0, 0.1) is 0 Å². The Kier molecular flexibility index (Phi) is 7.79. The summed E-state index contributed by atoms with van der Waals surface area (Å²) in [5.41, 5.74) is 0. The third-order valence-electron chi connectivity index (χ3n) is 2.55. The highest BCUT2D eigenvalue weighted by atomic mass is 32.1. The van der Waals surface area contributed by atoms with E-state index in [1.165, 1.54) is 43.4 Å². The van der Waals surface area contributed by atoms with E-state index < -0.39 is 0 Å². The maximum atomic E-state index is 2.26. The van der Waals surface area contributed by atoms with Crippen LogP contribution in [-0.2, 0) is 6.42 Å². The minimum Gasteiger partial charge on any atom is -0.149 e. The molecule has 0 saturated carbocycles. The molecule has 1 rings (SSSR count). The van der Waals surface area contributed by atoms with E-state index in [9.17, 15) is 0 Å². The lowest BCUT2D eigenvalue weighted by Gasteiger charge is -1.98. The Labute approximate surface area is 104 Å². The van der Waals surface area contributed by atoms with Crippen molar-refractivity contribution in [3.63, 3.8) is 0 Å². The summed E-state index contributed by atoms with van der Waals surface area (Å²) >= 11 is 1.85. The Balaban J connectivity index is 2.39. The molecule has 0 radical (unpaired) electrons. The van der Waals surface area contributed by atoms with Crippen LogP contribution >= 0.6 is 11.3 Å². The van der Waals surface area contributed by atoms with Gasteiger partial charge in [-0.25, -0.2) is 0 Å². The quantitative estimate of drug-likeness (QED) is 0.579. The average Bonchev–Trinajstić information content (AvgIpc) is 2.42. The van der Waals surface area contributed by atoms with Crippen LogP contribution in [-0.4, -0.2) is 0 Å². The molecule has 16 heavy (non-hydrogen) atoms. The molecule has 1 heterocycles. The third kappa shape index (κ3) is 6.62. The van der Waals surface area contributed by atoms with Crippen molar-refractivity contribution in [2.24, 2.45) is 0 Å². The molecule has 0 spiro atoms. The van der Waals surface area contributed by atoms with Crippen LogP contribution in [0.5, 0.6) is 0 Å². The molecule has 1 aromatic heterocycles. The molecule has 0 aromatic carbocycles.